The smallest absolute Gasteiger partial charge is 0.253 e. The lowest BCUT2D eigenvalue weighted by molar-refractivity contribution is -0.124. The largest absolute Gasteiger partial charge is 0.492 e. The van der Waals surface area contributed by atoms with Gasteiger partial charge < -0.3 is 20.1 Å². The zero-order valence-electron chi connectivity index (χ0n) is 14.7. The highest BCUT2D eigenvalue weighted by molar-refractivity contribution is 5.98. The third-order valence-corrected chi connectivity index (χ3v) is 4.07. The molecule has 1 heterocycles. The first-order chi connectivity index (χ1) is 13.1. The Bertz CT molecular complexity index is 806. The second-order valence-electron chi connectivity index (χ2n) is 6.13. The fraction of sp³-hybridized carbons (Fsp3) is 0.300. The molecule has 1 unspecified atom stereocenters. The first kappa shape index (κ1) is 18.8. The van der Waals surface area contributed by atoms with Crippen molar-refractivity contribution in [2.45, 2.75) is 18.9 Å². The number of amides is 2. The highest BCUT2D eigenvalue weighted by Gasteiger charge is 2.23. The van der Waals surface area contributed by atoms with E-state index in [1.165, 1.54) is 12.1 Å². The summed E-state index contributed by atoms with van der Waals surface area (Å²) in [5.74, 6) is -0.457. The van der Waals surface area contributed by atoms with Gasteiger partial charge in [0.15, 0.2) is 0 Å². The standard InChI is InChI=1S/C20H21FN2O4/c21-15-5-2-7-17(13-15)26-11-9-22-19(24)14-4-1-6-16(12-14)23-20(25)18-8-3-10-27-18/h1-2,4-7,12-13,18H,3,8-11H2,(H,22,24)(H,23,25). The average Bonchev–Trinajstić information content (AvgIpc) is 3.20. The summed E-state index contributed by atoms with van der Waals surface area (Å²) >= 11 is 0. The van der Waals surface area contributed by atoms with Crippen molar-refractivity contribution in [1.82, 2.24) is 5.32 Å². The van der Waals surface area contributed by atoms with E-state index in [9.17, 15) is 14.0 Å². The van der Waals surface area contributed by atoms with Crippen LogP contribution in [-0.2, 0) is 9.53 Å². The fourth-order valence-corrected chi connectivity index (χ4v) is 2.74. The van der Waals surface area contributed by atoms with Crippen molar-refractivity contribution in [3.05, 3.63) is 59.9 Å². The van der Waals surface area contributed by atoms with Crippen molar-refractivity contribution in [2.75, 3.05) is 25.1 Å². The van der Waals surface area contributed by atoms with Crippen molar-refractivity contribution in [3.63, 3.8) is 0 Å². The first-order valence-electron chi connectivity index (χ1n) is 8.81. The number of carbonyl (C=O) groups excluding carboxylic acids is 2. The average molecular weight is 372 g/mol. The normalized spacial score (nSPS) is 16.0. The molecule has 1 saturated heterocycles. The Morgan fingerprint density at radius 3 is 2.81 bits per heavy atom. The monoisotopic (exact) mass is 372 g/mol. The fourth-order valence-electron chi connectivity index (χ4n) is 2.74. The highest BCUT2D eigenvalue weighted by atomic mass is 19.1. The summed E-state index contributed by atoms with van der Waals surface area (Å²) in [7, 11) is 0. The molecule has 2 aromatic carbocycles. The van der Waals surface area contributed by atoms with Crippen molar-refractivity contribution in [2.24, 2.45) is 0 Å². The molecule has 0 spiro atoms. The van der Waals surface area contributed by atoms with Gasteiger partial charge in [0.1, 0.15) is 24.3 Å². The summed E-state index contributed by atoms with van der Waals surface area (Å²) < 4.78 is 23.8. The third kappa shape index (κ3) is 5.52. The second kappa shape index (κ2) is 9.14. The van der Waals surface area contributed by atoms with Gasteiger partial charge in [-0.05, 0) is 43.2 Å². The maximum absolute atomic E-state index is 13.1. The number of rotatable bonds is 7. The number of halogens is 1. The van der Waals surface area contributed by atoms with Gasteiger partial charge in [0.25, 0.3) is 11.8 Å². The molecule has 142 valence electrons. The molecule has 1 atom stereocenters. The van der Waals surface area contributed by atoms with Crippen LogP contribution in [0.15, 0.2) is 48.5 Å². The van der Waals surface area contributed by atoms with Gasteiger partial charge in [-0.15, -0.1) is 0 Å². The number of carbonyl (C=O) groups is 2. The molecule has 0 saturated carbocycles. The molecule has 6 nitrogen and oxygen atoms in total. The Balaban J connectivity index is 1.47. The van der Waals surface area contributed by atoms with Crippen LogP contribution in [0.5, 0.6) is 5.75 Å². The van der Waals surface area contributed by atoms with Crippen LogP contribution in [-0.4, -0.2) is 37.7 Å². The summed E-state index contributed by atoms with van der Waals surface area (Å²) in [6, 6.07) is 12.5. The maximum atomic E-state index is 13.1. The SMILES string of the molecule is O=C(NCCOc1cccc(F)c1)c1cccc(NC(=O)C2CCCO2)c1. The molecule has 3 rings (SSSR count). The molecule has 7 heteroatoms. The molecule has 0 aliphatic carbocycles. The van der Waals surface area contributed by atoms with Crippen LogP contribution in [0.1, 0.15) is 23.2 Å². The van der Waals surface area contributed by atoms with Gasteiger partial charge in [-0.3, -0.25) is 9.59 Å². The van der Waals surface area contributed by atoms with Gasteiger partial charge in [0, 0.05) is 23.9 Å². The topological polar surface area (TPSA) is 76.7 Å². The molecule has 1 fully saturated rings. The molecular formula is C20H21FN2O4. The minimum Gasteiger partial charge on any atom is -0.492 e. The predicted octanol–water partition coefficient (Wildman–Crippen LogP) is 2.75. The van der Waals surface area contributed by atoms with Gasteiger partial charge in [0.05, 0.1) is 6.54 Å². The maximum Gasteiger partial charge on any atom is 0.253 e. The van der Waals surface area contributed by atoms with Crippen molar-refractivity contribution in [3.8, 4) is 5.75 Å². The number of ether oxygens (including phenoxy) is 2. The quantitative estimate of drug-likeness (QED) is 0.733. The van der Waals surface area contributed by atoms with E-state index in [0.29, 0.717) is 30.0 Å². The van der Waals surface area contributed by atoms with E-state index in [1.807, 2.05) is 0 Å². The van der Waals surface area contributed by atoms with Crippen LogP contribution >= 0.6 is 0 Å². The van der Waals surface area contributed by atoms with Gasteiger partial charge in [-0.1, -0.05) is 12.1 Å². The van der Waals surface area contributed by atoms with Gasteiger partial charge in [-0.25, -0.2) is 4.39 Å². The molecule has 0 radical (unpaired) electrons. The van der Waals surface area contributed by atoms with E-state index in [4.69, 9.17) is 9.47 Å². The van der Waals surface area contributed by atoms with E-state index in [-0.39, 0.29) is 30.8 Å². The summed E-state index contributed by atoms with van der Waals surface area (Å²) in [5.41, 5.74) is 0.963. The number of hydrogen-bond donors (Lipinski definition) is 2. The summed E-state index contributed by atoms with van der Waals surface area (Å²) in [4.78, 5) is 24.3. The first-order valence-corrected chi connectivity index (χ1v) is 8.81. The Morgan fingerprint density at radius 2 is 2.04 bits per heavy atom. The summed E-state index contributed by atoms with van der Waals surface area (Å²) in [6.45, 7) is 1.07. The molecule has 2 amide bonds. The number of nitrogens with one attached hydrogen (secondary N) is 2. The van der Waals surface area contributed by atoms with Gasteiger partial charge in [0.2, 0.25) is 0 Å². The van der Waals surface area contributed by atoms with Crippen molar-refractivity contribution < 1.29 is 23.5 Å². The number of hydrogen-bond acceptors (Lipinski definition) is 4. The molecule has 0 aromatic heterocycles. The molecule has 1 aliphatic rings. The van der Waals surface area contributed by atoms with Crippen LogP contribution in [0.3, 0.4) is 0 Å². The van der Waals surface area contributed by atoms with E-state index >= 15 is 0 Å². The molecule has 27 heavy (non-hydrogen) atoms. The Kier molecular flexibility index (Phi) is 6.38. The Morgan fingerprint density at radius 1 is 1.19 bits per heavy atom. The Hall–Kier alpha value is -2.93. The molecule has 2 aromatic rings. The zero-order chi connectivity index (χ0) is 19.1. The van der Waals surface area contributed by atoms with Crippen molar-refractivity contribution >= 4 is 17.5 Å². The van der Waals surface area contributed by atoms with E-state index in [2.05, 4.69) is 10.6 Å². The van der Waals surface area contributed by atoms with Gasteiger partial charge >= 0.3 is 0 Å². The van der Waals surface area contributed by atoms with Crippen LogP contribution in [0.25, 0.3) is 0 Å². The zero-order valence-corrected chi connectivity index (χ0v) is 14.7. The van der Waals surface area contributed by atoms with E-state index in [0.717, 1.165) is 6.42 Å². The van der Waals surface area contributed by atoms with Crippen LogP contribution in [0, 0.1) is 5.82 Å². The van der Waals surface area contributed by atoms with E-state index in [1.54, 1.807) is 36.4 Å². The third-order valence-electron chi connectivity index (χ3n) is 4.07. The summed E-state index contributed by atoms with van der Waals surface area (Å²) in [6.07, 6.45) is 1.15. The van der Waals surface area contributed by atoms with Crippen LogP contribution in [0.2, 0.25) is 0 Å². The summed E-state index contributed by atoms with van der Waals surface area (Å²) in [5, 5.41) is 5.49. The molecule has 0 bridgehead atoms. The molecule has 1 aliphatic heterocycles. The van der Waals surface area contributed by atoms with Gasteiger partial charge in [-0.2, -0.15) is 0 Å². The lowest BCUT2D eigenvalue weighted by Gasteiger charge is -2.12. The predicted molar refractivity (Wildman–Crippen MR) is 98.3 cm³/mol. The highest BCUT2D eigenvalue weighted by Crippen LogP contribution is 2.16. The Labute approximate surface area is 156 Å². The minimum atomic E-state index is -0.428. The second-order valence-corrected chi connectivity index (χ2v) is 6.13. The lowest BCUT2D eigenvalue weighted by atomic mass is 10.1. The number of benzene rings is 2. The lowest BCUT2D eigenvalue weighted by Crippen LogP contribution is -2.29. The molecule has 2 N–H and O–H groups in total. The number of anilines is 1. The van der Waals surface area contributed by atoms with Crippen LogP contribution in [0.4, 0.5) is 10.1 Å². The minimum absolute atomic E-state index is 0.200. The van der Waals surface area contributed by atoms with Crippen molar-refractivity contribution in [1.29, 1.82) is 0 Å². The van der Waals surface area contributed by atoms with E-state index < -0.39 is 6.10 Å². The van der Waals surface area contributed by atoms with Crippen LogP contribution < -0.4 is 15.4 Å². The molecular weight excluding hydrogens is 351 g/mol.